The number of hydrogen-bond donors (Lipinski definition) is 2. The van der Waals surface area contributed by atoms with Crippen molar-refractivity contribution in [2.24, 2.45) is 5.92 Å². The van der Waals surface area contributed by atoms with E-state index in [-0.39, 0.29) is 16.7 Å². The lowest BCUT2D eigenvalue weighted by Crippen LogP contribution is -2.15. The van der Waals surface area contributed by atoms with Gasteiger partial charge in [0.05, 0.1) is 10.6 Å². The first kappa shape index (κ1) is 14.6. The summed E-state index contributed by atoms with van der Waals surface area (Å²) in [6.07, 6.45) is 1.85. The van der Waals surface area contributed by atoms with Crippen molar-refractivity contribution in [3.8, 4) is 0 Å². The first-order valence-electron chi connectivity index (χ1n) is 7.03. The molecule has 5 nitrogen and oxygen atoms in total. The Bertz CT molecular complexity index is 784. The largest absolute Gasteiger partial charge is 0.326 e. The summed E-state index contributed by atoms with van der Waals surface area (Å²) in [6, 6.07) is 14.8. The Hall–Kier alpha value is -2.34. The van der Waals surface area contributed by atoms with Crippen molar-refractivity contribution in [1.82, 2.24) is 0 Å². The molecular formula is C16H16N2O3S. The summed E-state index contributed by atoms with van der Waals surface area (Å²) in [5, 5.41) is 2.80. The minimum atomic E-state index is -3.63. The summed E-state index contributed by atoms with van der Waals surface area (Å²) in [4.78, 5) is 11.9. The van der Waals surface area contributed by atoms with Crippen LogP contribution in [-0.4, -0.2) is 14.3 Å². The summed E-state index contributed by atoms with van der Waals surface area (Å²) >= 11 is 0. The Balaban J connectivity index is 1.76. The highest BCUT2D eigenvalue weighted by Gasteiger charge is 2.29. The molecule has 0 aliphatic heterocycles. The molecule has 22 heavy (non-hydrogen) atoms. The SMILES string of the molecule is O=C(Nc1cccc(NS(=O)(=O)c2ccccc2)c1)C1CC1. The zero-order chi connectivity index (χ0) is 15.6. The van der Waals surface area contributed by atoms with Gasteiger partial charge in [-0.3, -0.25) is 9.52 Å². The average molecular weight is 316 g/mol. The van der Waals surface area contributed by atoms with Crippen molar-refractivity contribution in [2.45, 2.75) is 17.7 Å². The molecule has 1 fully saturated rings. The molecule has 0 atom stereocenters. The second-order valence-electron chi connectivity index (χ2n) is 5.26. The first-order chi connectivity index (χ1) is 10.5. The van der Waals surface area contributed by atoms with Crippen molar-refractivity contribution in [1.29, 1.82) is 0 Å². The molecule has 1 aliphatic rings. The van der Waals surface area contributed by atoms with Crippen molar-refractivity contribution < 1.29 is 13.2 Å². The molecule has 3 rings (SSSR count). The van der Waals surface area contributed by atoms with Crippen LogP contribution in [0.25, 0.3) is 0 Å². The Morgan fingerprint density at radius 3 is 2.32 bits per heavy atom. The van der Waals surface area contributed by atoms with E-state index in [2.05, 4.69) is 10.0 Å². The maximum Gasteiger partial charge on any atom is 0.261 e. The van der Waals surface area contributed by atoms with Gasteiger partial charge in [0.1, 0.15) is 0 Å². The van der Waals surface area contributed by atoms with Crippen molar-refractivity contribution in [2.75, 3.05) is 10.0 Å². The van der Waals surface area contributed by atoms with E-state index in [1.54, 1.807) is 42.5 Å². The predicted molar refractivity (Wildman–Crippen MR) is 85.0 cm³/mol. The third-order valence-corrected chi connectivity index (χ3v) is 4.78. The Morgan fingerprint density at radius 2 is 1.64 bits per heavy atom. The van der Waals surface area contributed by atoms with Crippen molar-refractivity contribution in [3.05, 3.63) is 54.6 Å². The molecule has 2 aromatic rings. The lowest BCUT2D eigenvalue weighted by molar-refractivity contribution is -0.117. The Labute approximate surface area is 129 Å². The van der Waals surface area contributed by atoms with E-state index in [1.165, 1.54) is 12.1 Å². The van der Waals surface area contributed by atoms with Gasteiger partial charge < -0.3 is 5.32 Å². The quantitative estimate of drug-likeness (QED) is 0.890. The molecular weight excluding hydrogens is 300 g/mol. The van der Waals surface area contributed by atoms with Crippen molar-refractivity contribution >= 4 is 27.3 Å². The molecule has 1 aliphatic carbocycles. The maximum absolute atomic E-state index is 12.3. The van der Waals surface area contributed by atoms with E-state index >= 15 is 0 Å². The molecule has 2 aromatic carbocycles. The number of benzene rings is 2. The van der Waals surface area contributed by atoms with Gasteiger partial charge in [-0.25, -0.2) is 8.42 Å². The van der Waals surface area contributed by atoms with E-state index in [1.807, 2.05) is 0 Å². The van der Waals surface area contributed by atoms with E-state index in [9.17, 15) is 13.2 Å². The van der Waals surface area contributed by atoms with E-state index in [0.717, 1.165) is 12.8 Å². The van der Waals surface area contributed by atoms with Gasteiger partial charge in [-0.15, -0.1) is 0 Å². The fourth-order valence-corrected chi connectivity index (χ4v) is 3.13. The van der Waals surface area contributed by atoms with Gasteiger partial charge in [0.2, 0.25) is 5.91 Å². The zero-order valence-electron chi connectivity index (χ0n) is 11.8. The number of hydrogen-bond acceptors (Lipinski definition) is 3. The fourth-order valence-electron chi connectivity index (χ4n) is 2.06. The zero-order valence-corrected chi connectivity index (χ0v) is 12.6. The summed E-state index contributed by atoms with van der Waals surface area (Å²) in [5.74, 6) is 0.0905. The van der Waals surface area contributed by atoms with E-state index in [4.69, 9.17) is 0 Å². The van der Waals surface area contributed by atoms with Gasteiger partial charge >= 0.3 is 0 Å². The van der Waals surface area contributed by atoms with Gasteiger partial charge in [0.15, 0.2) is 0 Å². The van der Waals surface area contributed by atoms with E-state index < -0.39 is 10.0 Å². The summed E-state index contributed by atoms with van der Waals surface area (Å²) < 4.78 is 27.0. The molecule has 0 aromatic heterocycles. The fraction of sp³-hybridized carbons (Fsp3) is 0.188. The molecule has 114 valence electrons. The number of amides is 1. The summed E-state index contributed by atoms with van der Waals surface area (Å²) in [7, 11) is -3.63. The van der Waals surface area contributed by atoms with Crippen LogP contribution >= 0.6 is 0 Å². The highest BCUT2D eigenvalue weighted by Crippen LogP contribution is 2.30. The van der Waals surface area contributed by atoms with Gasteiger partial charge in [0.25, 0.3) is 10.0 Å². The van der Waals surface area contributed by atoms with Crippen LogP contribution in [0.1, 0.15) is 12.8 Å². The average Bonchev–Trinajstić information content (AvgIpc) is 3.33. The van der Waals surface area contributed by atoms with E-state index in [0.29, 0.717) is 11.4 Å². The third-order valence-electron chi connectivity index (χ3n) is 3.38. The first-order valence-corrected chi connectivity index (χ1v) is 8.52. The molecule has 1 amide bonds. The molecule has 0 heterocycles. The van der Waals surface area contributed by atoms with Crippen LogP contribution < -0.4 is 10.0 Å². The number of carbonyl (C=O) groups excluding carboxylic acids is 1. The van der Waals surface area contributed by atoms with Crippen LogP contribution in [0, 0.1) is 5.92 Å². The van der Waals surface area contributed by atoms with Gasteiger partial charge in [-0.1, -0.05) is 24.3 Å². The van der Waals surface area contributed by atoms with Gasteiger partial charge in [-0.2, -0.15) is 0 Å². The normalized spacial score (nSPS) is 14.4. The minimum absolute atomic E-state index is 0.0110. The summed E-state index contributed by atoms with van der Waals surface area (Å²) in [6.45, 7) is 0. The molecule has 6 heteroatoms. The molecule has 1 saturated carbocycles. The van der Waals surface area contributed by atoms with Crippen LogP contribution in [0.15, 0.2) is 59.5 Å². The standard InChI is InChI=1S/C16H16N2O3S/c19-16(12-9-10-12)17-13-5-4-6-14(11-13)18-22(20,21)15-7-2-1-3-8-15/h1-8,11-12,18H,9-10H2,(H,17,19). The topological polar surface area (TPSA) is 75.3 Å². The van der Waals surface area contributed by atoms with Crippen LogP contribution in [0.3, 0.4) is 0 Å². The second kappa shape index (κ2) is 5.81. The Morgan fingerprint density at radius 1 is 0.955 bits per heavy atom. The molecule has 0 radical (unpaired) electrons. The van der Waals surface area contributed by atoms with Crippen LogP contribution in [-0.2, 0) is 14.8 Å². The number of carbonyl (C=O) groups is 1. The van der Waals surface area contributed by atoms with Crippen molar-refractivity contribution in [3.63, 3.8) is 0 Å². The van der Waals surface area contributed by atoms with Crippen LogP contribution in [0.2, 0.25) is 0 Å². The molecule has 0 saturated heterocycles. The van der Waals surface area contributed by atoms with Gasteiger partial charge in [-0.05, 0) is 43.2 Å². The van der Waals surface area contributed by atoms with Crippen LogP contribution in [0.4, 0.5) is 11.4 Å². The third kappa shape index (κ3) is 3.46. The number of sulfonamides is 1. The monoisotopic (exact) mass is 316 g/mol. The second-order valence-corrected chi connectivity index (χ2v) is 6.95. The maximum atomic E-state index is 12.3. The molecule has 0 spiro atoms. The smallest absolute Gasteiger partial charge is 0.261 e. The predicted octanol–water partition coefficient (Wildman–Crippen LogP) is 2.84. The lowest BCUT2D eigenvalue weighted by atomic mass is 10.2. The highest BCUT2D eigenvalue weighted by molar-refractivity contribution is 7.92. The number of anilines is 2. The number of nitrogens with one attached hydrogen (secondary N) is 2. The summed E-state index contributed by atoms with van der Waals surface area (Å²) in [5.41, 5.74) is 1.00. The Kier molecular flexibility index (Phi) is 3.85. The highest BCUT2D eigenvalue weighted by atomic mass is 32.2. The van der Waals surface area contributed by atoms with Crippen LogP contribution in [0.5, 0.6) is 0 Å². The van der Waals surface area contributed by atoms with Gasteiger partial charge in [0, 0.05) is 11.6 Å². The molecule has 0 unspecified atom stereocenters. The lowest BCUT2D eigenvalue weighted by Gasteiger charge is -2.10. The molecule has 0 bridgehead atoms. The number of rotatable bonds is 5. The molecule has 2 N–H and O–H groups in total. The minimum Gasteiger partial charge on any atom is -0.326 e.